The summed E-state index contributed by atoms with van der Waals surface area (Å²) in [6.45, 7) is 1.85. The van der Waals surface area contributed by atoms with E-state index in [0.29, 0.717) is 17.3 Å². The van der Waals surface area contributed by atoms with Crippen LogP contribution in [0.15, 0.2) is 71.6 Å². The number of halogens is 3. The van der Waals surface area contributed by atoms with Crippen molar-refractivity contribution >= 4 is 68.2 Å². The summed E-state index contributed by atoms with van der Waals surface area (Å²) < 4.78 is 27.8. The third-order valence-electron chi connectivity index (χ3n) is 4.78. The summed E-state index contributed by atoms with van der Waals surface area (Å²) in [4.78, 5) is 12.8. The van der Waals surface area contributed by atoms with Crippen molar-refractivity contribution in [1.29, 1.82) is 0 Å². The Balaban J connectivity index is 1.68. The summed E-state index contributed by atoms with van der Waals surface area (Å²) in [5.41, 5.74) is 2.27. The van der Waals surface area contributed by atoms with Crippen LogP contribution in [0, 0.1) is 6.92 Å². The molecule has 0 bridgehead atoms. The molecular weight excluding hydrogens is 535 g/mol. The molecule has 0 atom stereocenters. The lowest BCUT2D eigenvalue weighted by molar-refractivity contribution is -0.119. The Morgan fingerprint density at radius 2 is 1.53 bits per heavy atom. The Labute approximate surface area is 219 Å². The molecule has 10 heteroatoms. The van der Waals surface area contributed by atoms with Crippen LogP contribution < -0.4 is 9.62 Å². The van der Waals surface area contributed by atoms with Gasteiger partial charge >= 0.3 is 0 Å². The van der Waals surface area contributed by atoms with E-state index in [4.69, 9.17) is 34.8 Å². The first kappa shape index (κ1) is 26.7. The van der Waals surface area contributed by atoms with E-state index in [2.05, 4.69) is 5.32 Å². The smallest absolute Gasteiger partial charge is 0.264 e. The van der Waals surface area contributed by atoms with Crippen LogP contribution in [0.4, 0.5) is 5.69 Å². The van der Waals surface area contributed by atoms with Crippen LogP contribution in [0.3, 0.4) is 0 Å². The minimum atomic E-state index is -4.04. The molecule has 0 saturated heterocycles. The SMILES string of the molecule is Cc1ccc(S(=O)(=O)N(CC(=O)NCCSCc2ccc(Cl)cc2)c2cc(Cl)cc(Cl)c2)cc1. The number of nitrogens with zero attached hydrogens (tertiary/aromatic N) is 1. The molecule has 0 aliphatic carbocycles. The van der Waals surface area contributed by atoms with Crippen molar-refractivity contribution in [3.8, 4) is 0 Å². The van der Waals surface area contributed by atoms with Gasteiger partial charge in [0, 0.05) is 33.1 Å². The van der Waals surface area contributed by atoms with Crippen LogP contribution >= 0.6 is 46.6 Å². The topological polar surface area (TPSA) is 66.5 Å². The van der Waals surface area contributed by atoms with Gasteiger partial charge in [-0.1, -0.05) is 64.6 Å². The maximum absolute atomic E-state index is 13.4. The summed E-state index contributed by atoms with van der Waals surface area (Å²) in [5.74, 6) is 1.02. The molecule has 3 aromatic rings. The van der Waals surface area contributed by atoms with Gasteiger partial charge in [-0.25, -0.2) is 8.42 Å². The number of carbonyl (C=O) groups excluding carboxylic acids is 1. The van der Waals surface area contributed by atoms with Crippen molar-refractivity contribution in [3.63, 3.8) is 0 Å². The first-order valence-corrected chi connectivity index (χ1v) is 14.0. The number of sulfonamides is 1. The van der Waals surface area contributed by atoms with E-state index in [1.165, 1.54) is 30.3 Å². The molecule has 5 nitrogen and oxygen atoms in total. The van der Waals surface area contributed by atoms with E-state index in [-0.39, 0.29) is 20.6 Å². The molecule has 3 aromatic carbocycles. The van der Waals surface area contributed by atoms with E-state index >= 15 is 0 Å². The van der Waals surface area contributed by atoms with E-state index in [9.17, 15) is 13.2 Å². The zero-order valence-corrected chi connectivity index (χ0v) is 22.2. The number of hydrogen-bond acceptors (Lipinski definition) is 4. The van der Waals surface area contributed by atoms with E-state index < -0.39 is 22.5 Å². The van der Waals surface area contributed by atoms with E-state index in [1.807, 2.05) is 31.2 Å². The fourth-order valence-corrected chi connectivity index (χ4v) is 5.92. The summed E-state index contributed by atoms with van der Waals surface area (Å²) >= 11 is 19.8. The lowest BCUT2D eigenvalue weighted by atomic mass is 10.2. The molecule has 180 valence electrons. The third kappa shape index (κ3) is 7.55. The fourth-order valence-electron chi connectivity index (χ4n) is 3.06. The number of nitrogens with one attached hydrogen (secondary N) is 1. The van der Waals surface area contributed by atoms with Crippen LogP contribution in [0.25, 0.3) is 0 Å². The average molecular weight is 558 g/mol. The number of hydrogen-bond donors (Lipinski definition) is 1. The van der Waals surface area contributed by atoms with Gasteiger partial charge in [-0.15, -0.1) is 0 Å². The van der Waals surface area contributed by atoms with Gasteiger partial charge in [-0.2, -0.15) is 11.8 Å². The Hall–Kier alpha value is -1.90. The molecule has 0 saturated carbocycles. The second-order valence-corrected chi connectivity index (χ2v) is 11.8. The Morgan fingerprint density at radius 1 is 0.912 bits per heavy atom. The minimum absolute atomic E-state index is 0.0699. The molecule has 0 spiro atoms. The summed E-state index contributed by atoms with van der Waals surface area (Å²) in [6.07, 6.45) is 0. The second-order valence-electron chi connectivity index (χ2n) is 7.48. The summed E-state index contributed by atoms with van der Waals surface area (Å²) in [6, 6.07) is 18.4. The molecular formula is C24H23Cl3N2O3S2. The molecule has 1 amide bonds. The number of rotatable bonds is 10. The molecule has 0 aliphatic heterocycles. The third-order valence-corrected chi connectivity index (χ3v) is 8.29. The monoisotopic (exact) mass is 556 g/mol. The highest BCUT2D eigenvalue weighted by atomic mass is 35.5. The Bertz CT molecular complexity index is 1220. The highest BCUT2D eigenvalue weighted by Crippen LogP contribution is 2.29. The predicted octanol–water partition coefficient (Wildman–Crippen LogP) is 6.20. The van der Waals surface area contributed by atoms with Crippen molar-refractivity contribution in [3.05, 3.63) is 92.9 Å². The van der Waals surface area contributed by atoms with Crippen molar-refractivity contribution in [2.45, 2.75) is 17.6 Å². The predicted molar refractivity (Wildman–Crippen MR) is 143 cm³/mol. The lowest BCUT2D eigenvalue weighted by Gasteiger charge is -2.24. The molecule has 0 aliphatic rings. The van der Waals surface area contributed by atoms with E-state index in [1.54, 1.807) is 23.9 Å². The molecule has 0 heterocycles. The van der Waals surface area contributed by atoms with Gasteiger partial charge in [-0.3, -0.25) is 9.10 Å². The highest BCUT2D eigenvalue weighted by molar-refractivity contribution is 7.98. The number of carbonyl (C=O) groups is 1. The molecule has 0 aromatic heterocycles. The standard InChI is InChI=1S/C24H23Cl3N2O3S2/c1-17-2-8-23(9-3-17)34(31,32)29(22-13-20(26)12-21(27)14-22)15-24(30)28-10-11-33-16-18-4-6-19(25)7-5-18/h2-9,12-14H,10-11,15-16H2,1H3,(H,28,30). The maximum atomic E-state index is 13.4. The Kier molecular flexibility index (Phi) is 9.56. The van der Waals surface area contributed by atoms with Gasteiger partial charge < -0.3 is 5.32 Å². The number of anilines is 1. The maximum Gasteiger partial charge on any atom is 0.264 e. The van der Waals surface area contributed by atoms with Crippen LogP contribution in [-0.2, 0) is 20.6 Å². The first-order valence-electron chi connectivity index (χ1n) is 10.3. The number of aryl methyl sites for hydroxylation is 1. The van der Waals surface area contributed by atoms with Crippen molar-refractivity contribution in [1.82, 2.24) is 5.32 Å². The zero-order valence-electron chi connectivity index (χ0n) is 18.3. The van der Waals surface area contributed by atoms with Gasteiger partial charge in [-0.05, 0) is 55.0 Å². The van der Waals surface area contributed by atoms with Crippen molar-refractivity contribution in [2.75, 3.05) is 23.1 Å². The number of amides is 1. The van der Waals surface area contributed by atoms with Gasteiger partial charge in [0.1, 0.15) is 6.54 Å². The molecule has 0 unspecified atom stereocenters. The fraction of sp³-hybridized carbons (Fsp3) is 0.208. The van der Waals surface area contributed by atoms with Crippen LogP contribution in [0.2, 0.25) is 15.1 Å². The molecule has 0 radical (unpaired) electrons. The van der Waals surface area contributed by atoms with Crippen LogP contribution in [0.5, 0.6) is 0 Å². The summed E-state index contributed by atoms with van der Waals surface area (Å²) in [5, 5.41) is 4.01. The van der Waals surface area contributed by atoms with Crippen LogP contribution in [-0.4, -0.2) is 33.2 Å². The molecule has 1 N–H and O–H groups in total. The second kappa shape index (κ2) is 12.2. The van der Waals surface area contributed by atoms with Gasteiger partial charge in [0.15, 0.2) is 0 Å². The zero-order chi connectivity index (χ0) is 24.7. The first-order chi connectivity index (χ1) is 16.1. The van der Waals surface area contributed by atoms with Gasteiger partial charge in [0.2, 0.25) is 5.91 Å². The summed E-state index contributed by atoms with van der Waals surface area (Å²) in [7, 11) is -4.04. The minimum Gasteiger partial charge on any atom is -0.354 e. The van der Waals surface area contributed by atoms with Crippen molar-refractivity contribution < 1.29 is 13.2 Å². The largest absolute Gasteiger partial charge is 0.354 e. The Morgan fingerprint density at radius 3 is 2.15 bits per heavy atom. The van der Waals surface area contributed by atoms with Gasteiger partial charge in [0.25, 0.3) is 10.0 Å². The quantitative estimate of drug-likeness (QED) is 0.301. The normalized spacial score (nSPS) is 11.3. The van der Waals surface area contributed by atoms with E-state index in [0.717, 1.165) is 21.2 Å². The molecule has 3 rings (SSSR count). The number of thioether (sulfide) groups is 1. The van der Waals surface area contributed by atoms with Gasteiger partial charge in [0.05, 0.1) is 10.6 Å². The highest BCUT2D eigenvalue weighted by Gasteiger charge is 2.27. The number of benzene rings is 3. The molecule has 0 fully saturated rings. The average Bonchev–Trinajstić information content (AvgIpc) is 2.78. The van der Waals surface area contributed by atoms with Crippen LogP contribution in [0.1, 0.15) is 11.1 Å². The lowest BCUT2D eigenvalue weighted by Crippen LogP contribution is -2.41. The molecule has 34 heavy (non-hydrogen) atoms. The van der Waals surface area contributed by atoms with Crippen molar-refractivity contribution in [2.24, 2.45) is 0 Å².